The number of nitrogens with zero attached hydrogens (tertiary/aromatic N) is 4. The van der Waals surface area contributed by atoms with Gasteiger partial charge >= 0.3 is 0 Å². The van der Waals surface area contributed by atoms with Gasteiger partial charge in [0.1, 0.15) is 5.56 Å². The predicted octanol–water partition coefficient (Wildman–Crippen LogP) is 1.18. The Balaban J connectivity index is 1.89. The number of aromatic nitrogens is 4. The van der Waals surface area contributed by atoms with Crippen molar-refractivity contribution in [2.75, 3.05) is 24.7 Å². The second-order valence-corrected chi connectivity index (χ2v) is 6.84. The zero-order chi connectivity index (χ0) is 18.0. The molecule has 2 N–H and O–H groups in total. The van der Waals surface area contributed by atoms with E-state index in [1.165, 1.54) is 11.8 Å². The molecule has 0 bridgehead atoms. The van der Waals surface area contributed by atoms with Crippen LogP contribution in [0, 0.1) is 6.92 Å². The van der Waals surface area contributed by atoms with E-state index in [1.54, 1.807) is 29.4 Å². The summed E-state index contributed by atoms with van der Waals surface area (Å²) in [6.45, 7) is 3.52. The molecule has 8 nitrogen and oxygen atoms in total. The number of hydrogen-bond acceptors (Lipinski definition) is 6. The molecule has 0 unspecified atom stereocenters. The van der Waals surface area contributed by atoms with Crippen molar-refractivity contribution in [3.05, 3.63) is 33.7 Å². The van der Waals surface area contributed by atoms with E-state index in [0.29, 0.717) is 10.7 Å². The molecular formula is C16H22N6O2S. The van der Waals surface area contributed by atoms with Gasteiger partial charge in [0, 0.05) is 19.3 Å². The number of amides is 1. The van der Waals surface area contributed by atoms with E-state index in [4.69, 9.17) is 0 Å². The van der Waals surface area contributed by atoms with E-state index in [1.807, 2.05) is 12.3 Å². The highest BCUT2D eigenvalue weighted by Crippen LogP contribution is 2.18. The van der Waals surface area contributed by atoms with Crippen molar-refractivity contribution in [2.45, 2.75) is 31.0 Å². The van der Waals surface area contributed by atoms with Gasteiger partial charge in [0.15, 0.2) is 5.16 Å². The van der Waals surface area contributed by atoms with Gasteiger partial charge in [0.25, 0.3) is 11.5 Å². The number of thioether (sulfide) groups is 1. The topological polar surface area (TPSA) is 93.8 Å². The van der Waals surface area contributed by atoms with E-state index >= 15 is 0 Å². The average molecular weight is 362 g/mol. The van der Waals surface area contributed by atoms with Crippen molar-refractivity contribution >= 4 is 23.6 Å². The summed E-state index contributed by atoms with van der Waals surface area (Å²) in [6.07, 6.45) is 5.43. The lowest BCUT2D eigenvalue weighted by Crippen LogP contribution is -2.37. The summed E-state index contributed by atoms with van der Waals surface area (Å²) in [7, 11) is 1.76. The van der Waals surface area contributed by atoms with E-state index in [-0.39, 0.29) is 23.1 Å². The number of pyridine rings is 1. The van der Waals surface area contributed by atoms with E-state index in [2.05, 4.69) is 20.7 Å². The summed E-state index contributed by atoms with van der Waals surface area (Å²) in [6, 6.07) is 1.94. The van der Waals surface area contributed by atoms with Crippen LogP contribution in [0.1, 0.15) is 34.8 Å². The third-order valence-electron chi connectivity index (χ3n) is 4.39. The Labute approximate surface area is 150 Å². The van der Waals surface area contributed by atoms with Crippen molar-refractivity contribution in [3.63, 3.8) is 0 Å². The third kappa shape index (κ3) is 3.62. The Morgan fingerprint density at radius 1 is 1.40 bits per heavy atom. The fraction of sp³-hybridized carbons (Fsp3) is 0.500. The van der Waals surface area contributed by atoms with Gasteiger partial charge in [-0.3, -0.25) is 14.9 Å². The maximum Gasteiger partial charge on any atom is 0.263 e. The van der Waals surface area contributed by atoms with Gasteiger partial charge in [0.05, 0.1) is 0 Å². The molecule has 1 fully saturated rings. The molecule has 0 saturated carbocycles. The molecule has 1 aliphatic heterocycles. The molecule has 1 amide bonds. The van der Waals surface area contributed by atoms with E-state index in [9.17, 15) is 9.59 Å². The smallest absolute Gasteiger partial charge is 0.263 e. The number of carbonyl (C=O) groups is 1. The quantitative estimate of drug-likeness (QED) is 0.794. The lowest BCUT2D eigenvalue weighted by molar-refractivity contribution is 0.102. The van der Waals surface area contributed by atoms with Crippen LogP contribution in [0.2, 0.25) is 0 Å². The van der Waals surface area contributed by atoms with Crippen molar-refractivity contribution in [2.24, 2.45) is 7.05 Å². The number of hydrogen-bond donors (Lipinski definition) is 2. The standard InChI is InChI=1S/C16H22N6O2S/c1-10-6-9-22(11-4-7-17-8-5-11)14(24)12(10)13(23)18-15-19-16(25-3)21(2)20-15/h6,9,11,17H,4-5,7-8H2,1-3H3,(H,18,20,23). The van der Waals surface area contributed by atoms with Gasteiger partial charge in [-0.15, -0.1) is 5.10 Å². The van der Waals surface area contributed by atoms with Gasteiger partial charge in [-0.1, -0.05) is 11.8 Å². The minimum Gasteiger partial charge on any atom is -0.317 e. The van der Waals surface area contributed by atoms with Crippen molar-refractivity contribution in [1.29, 1.82) is 0 Å². The molecule has 0 aliphatic carbocycles. The van der Waals surface area contributed by atoms with Crippen LogP contribution in [0.3, 0.4) is 0 Å². The first-order valence-corrected chi connectivity index (χ1v) is 9.42. The first kappa shape index (κ1) is 17.7. The third-order valence-corrected chi connectivity index (χ3v) is 5.11. The van der Waals surface area contributed by atoms with Gasteiger partial charge < -0.3 is 9.88 Å². The van der Waals surface area contributed by atoms with Crippen LogP contribution in [-0.4, -0.2) is 44.6 Å². The molecular weight excluding hydrogens is 340 g/mol. The number of piperidine rings is 1. The predicted molar refractivity (Wildman–Crippen MR) is 97.3 cm³/mol. The zero-order valence-corrected chi connectivity index (χ0v) is 15.4. The van der Waals surface area contributed by atoms with Crippen LogP contribution in [0.5, 0.6) is 0 Å². The summed E-state index contributed by atoms with van der Waals surface area (Å²) in [5.41, 5.74) is 0.540. The second kappa shape index (κ2) is 7.40. The molecule has 3 heterocycles. The van der Waals surface area contributed by atoms with Crippen LogP contribution >= 0.6 is 11.8 Å². The molecule has 2 aromatic rings. The molecule has 1 aliphatic rings. The Morgan fingerprint density at radius 3 is 2.76 bits per heavy atom. The monoisotopic (exact) mass is 362 g/mol. The van der Waals surface area contributed by atoms with Crippen LogP contribution < -0.4 is 16.2 Å². The molecule has 1 saturated heterocycles. The van der Waals surface area contributed by atoms with Gasteiger partial charge in [-0.25, -0.2) is 4.68 Å². The van der Waals surface area contributed by atoms with Crippen LogP contribution in [0.4, 0.5) is 5.95 Å². The highest BCUT2D eigenvalue weighted by Gasteiger charge is 2.22. The fourth-order valence-corrected chi connectivity index (χ4v) is 3.54. The number of carbonyl (C=O) groups excluding carboxylic acids is 1. The minimum atomic E-state index is -0.468. The van der Waals surface area contributed by atoms with E-state index in [0.717, 1.165) is 25.9 Å². The maximum atomic E-state index is 12.9. The highest BCUT2D eigenvalue weighted by molar-refractivity contribution is 7.98. The summed E-state index contributed by atoms with van der Waals surface area (Å²) in [5.74, 6) is -0.267. The number of anilines is 1. The Kier molecular flexibility index (Phi) is 5.24. The van der Waals surface area contributed by atoms with Crippen molar-refractivity contribution < 1.29 is 4.79 Å². The van der Waals surface area contributed by atoms with Crippen LogP contribution in [-0.2, 0) is 7.05 Å². The van der Waals surface area contributed by atoms with Crippen LogP contribution in [0.15, 0.2) is 22.2 Å². The van der Waals surface area contributed by atoms with Crippen LogP contribution in [0.25, 0.3) is 0 Å². The van der Waals surface area contributed by atoms with Gasteiger partial charge in [0.2, 0.25) is 5.95 Å². The maximum absolute atomic E-state index is 12.9. The lowest BCUT2D eigenvalue weighted by Gasteiger charge is -2.25. The Hall–Kier alpha value is -2.13. The van der Waals surface area contributed by atoms with Crippen molar-refractivity contribution in [1.82, 2.24) is 24.6 Å². The summed E-state index contributed by atoms with van der Waals surface area (Å²) < 4.78 is 3.27. The number of rotatable bonds is 4. The second-order valence-electron chi connectivity index (χ2n) is 6.07. The summed E-state index contributed by atoms with van der Waals surface area (Å²) >= 11 is 1.43. The summed E-state index contributed by atoms with van der Waals surface area (Å²) in [5, 5.41) is 10.8. The lowest BCUT2D eigenvalue weighted by atomic mass is 10.0. The largest absolute Gasteiger partial charge is 0.317 e. The normalized spacial score (nSPS) is 15.3. The Morgan fingerprint density at radius 2 is 2.12 bits per heavy atom. The van der Waals surface area contributed by atoms with Gasteiger partial charge in [-0.2, -0.15) is 4.98 Å². The minimum absolute atomic E-state index is 0.122. The Bertz CT molecular complexity index is 838. The molecule has 0 radical (unpaired) electrons. The first-order valence-electron chi connectivity index (χ1n) is 8.20. The highest BCUT2D eigenvalue weighted by atomic mass is 32.2. The number of nitrogens with one attached hydrogen (secondary N) is 2. The molecule has 9 heteroatoms. The zero-order valence-electron chi connectivity index (χ0n) is 14.6. The fourth-order valence-electron chi connectivity index (χ4n) is 3.05. The summed E-state index contributed by atoms with van der Waals surface area (Å²) in [4.78, 5) is 29.8. The molecule has 0 spiro atoms. The van der Waals surface area contributed by atoms with Gasteiger partial charge in [-0.05, 0) is 50.7 Å². The van der Waals surface area contributed by atoms with E-state index < -0.39 is 5.91 Å². The first-order chi connectivity index (χ1) is 12.0. The molecule has 3 rings (SSSR count). The molecule has 0 aromatic carbocycles. The average Bonchev–Trinajstić information content (AvgIpc) is 2.95. The van der Waals surface area contributed by atoms with Crippen molar-refractivity contribution in [3.8, 4) is 0 Å². The SMILES string of the molecule is CSc1nc(NC(=O)c2c(C)ccn(C3CCNCC3)c2=O)nn1C. The number of aryl methyl sites for hydroxylation is 2. The molecule has 2 aromatic heterocycles. The molecule has 0 atom stereocenters. The molecule has 134 valence electrons. The molecule has 25 heavy (non-hydrogen) atoms.